The Morgan fingerprint density at radius 2 is 1.58 bits per heavy atom. The van der Waals surface area contributed by atoms with Gasteiger partial charge in [-0.15, -0.1) is 0 Å². The van der Waals surface area contributed by atoms with Gasteiger partial charge in [-0.25, -0.2) is 4.39 Å². The van der Waals surface area contributed by atoms with Crippen molar-refractivity contribution in [3.63, 3.8) is 0 Å². The molecular formula is C16H19FO2. The van der Waals surface area contributed by atoms with E-state index < -0.39 is 0 Å². The average Bonchev–Trinajstić information content (AvgIpc) is 2.42. The second-order valence-electron chi connectivity index (χ2n) is 4.21. The number of phenolic OH excluding ortho intramolecular Hbond substituents is 2. The third-order valence-electron chi connectivity index (χ3n) is 2.62. The Hall–Kier alpha value is -2.03. The maximum absolute atomic E-state index is 12.0. The minimum absolute atomic E-state index is 0.0893. The largest absolute Gasteiger partial charge is 0.508 e. The predicted octanol–water partition coefficient (Wildman–Crippen LogP) is 4.27. The van der Waals surface area contributed by atoms with E-state index in [0.717, 1.165) is 18.4 Å². The number of phenols is 2. The zero-order chi connectivity index (χ0) is 14.1. The zero-order valence-corrected chi connectivity index (χ0v) is 11.0. The first-order valence-electron chi connectivity index (χ1n) is 6.35. The molecule has 0 bridgehead atoms. The van der Waals surface area contributed by atoms with E-state index in [1.54, 1.807) is 6.07 Å². The van der Waals surface area contributed by atoms with Gasteiger partial charge in [-0.1, -0.05) is 31.5 Å². The van der Waals surface area contributed by atoms with Gasteiger partial charge in [0, 0.05) is 0 Å². The highest BCUT2D eigenvalue weighted by molar-refractivity contribution is 5.31. The van der Waals surface area contributed by atoms with Crippen LogP contribution < -0.4 is 0 Å². The van der Waals surface area contributed by atoms with E-state index in [0.29, 0.717) is 5.75 Å². The van der Waals surface area contributed by atoms with Gasteiger partial charge in [-0.2, -0.15) is 0 Å². The molecule has 0 atom stereocenters. The summed E-state index contributed by atoms with van der Waals surface area (Å²) in [5, 5.41) is 17.9. The zero-order valence-electron chi connectivity index (χ0n) is 11.0. The third-order valence-corrected chi connectivity index (χ3v) is 2.62. The van der Waals surface area contributed by atoms with E-state index in [9.17, 15) is 9.50 Å². The number of aryl methyl sites for hydroxylation is 1. The molecule has 0 unspecified atom stereocenters. The first kappa shape index (κ1) is 15.0. The lowest BCUT2D eigenvalue weighted by atomic mass is 10.1. The fourth-order valence-electron chi connectivity index (χ4n) is 1.53. The molecule has 0 aliphatic carbocycles. The molecule has 0 saturated carbocycles. The number of benzene rings is 2. The van der Waals surface area contributed by atoms with Gasteiger partial charge in [-0.3, -0.25) is 0 Å². The molecule has 2 aromatic rings. The lowest BCUT2D eigenvalue weighted by molar-refractivity contribution is 0.467. The van der Waals surface area contributed by atoms with Crippen molar-refractivity contribution in [2.75, 3.05) is 0 Å². The molecule has 2 aromatic carbocycles. The second kappa shape index (κ2) is 8.14. The van der Waals surface area contributed by atoms with Crippen molar-refractivity contribution in [3.8, 4) is 11.5 Å². The summed E-state index contributed by atoms with van der Waals surface area (Å²) in [5.41, 5.74) is 1.06. The topological polar surface area (TPSA) is 40.5 Å². The summed E-state index contributed by atoms with van der Waals surface area (Å²) in [7, 11) is 0. The highest BCUT2D eigenvalue weighted by Crippen LogP contribution is 2.17. The van der Waals surface area contributed by atoms with Crippen LogP contribution >= 0.6 is 0 Å². The molecular weight excluding hydrogens is 243 g/mol. The van der Waals surface area contributed by atoms with Crippen molar-refractivity contribution >= 4 is 0 Å². The minimum atomic E-state index is -0.331. The van der Waals surface area contributed by atoms with Gasteiger partial charge in [0.1, 0.15) is 17.3 Å². The van der Waals surface area contributed by atoms with Crippen molar-refractivity contribution in [1.29, 1.82) is 0 Å². The number of rotatable bonds is 3. The highest BCUT2D eigenvalue weighted by atomic mass is 19.1. The van der Waals surface area contributed by atoms with Gasteiger partial charge < -0.3 is 10.2 Å². The molecule has 0 saturated heterocycles. The lowest BCUT2D eigenvalue weighted by Gasteiger charge is -2.01. The van der Waals surface area contributed by atoms with Crippen molar-refractivity contribution in [2.24, 2.45) is 0 Å². The normalized spacial score (nSPS) is 9.58. The molecule has 2 rings (SSSR count). The molecule has 0 heterocycles. The Labute approximate surface area is 113 Å². The third kappa shape index (κ3) is 5.91. The van der Waals surface area contributed by atoms with Crippen molar-refractivity contribution in [2.45, 2.75) is 26.2 Å². The highest BCUT2D eigenvalue weighted by Gasteiger charge is 1.96. The Bertz CT molecular complexity index is 459. The van der Waals surface area contributed by atoms with Crippen LogP contribution in [0.3, 0.4) is 0 Å². The summed E-state index contributed by atoms with van der Waals surface area (Å²) in [5.74, 6) is 0.190. The minimum Gasteiger partial charge on any atom is -0.508 e. The molecule has 0 aromatic heterocycles. The molecule has 0 spiro atoms. The van der Waals surface area contributed by atoms with Gasteiger partial charge in [0.25, 0.3) is 0 Å². The quantitative estimate of drug-likeness (QED) is 0.867. The van der Waals surface area contributed by atoms with Crippen LogP contribution in [-0.2, 0) is 6.42 Å². The molecule has 0 fully saturated rings. The maximum atomic E-state index is 12.0. The first-order chi connectivity index (χ1) is 9.13. The van der Waals surface area contributed by atoms with Gasteiger partial charge in [-0.05, 0) is 48.7 Å². The molecule has 0 amide bonds. The molecule has 19 heavy (non-hydrogen) atoms. The Balaban J connectivity index is 0.000000200. The Morgan fingerprint density at radius 3 is 2.11 bits per heavy atom. The van der Waals surface area contributed by atoms with Crippen LogP contribution in [0.15, 0.2) is 48.5 Å². The number of para-hydroxylation sites is 1. The standard InChI is InChI=1S/C10H14O.C6H5FO/c1-2-3-6-9-7-4-5-8-10(9)11;7-5-1-3-6(8)4-2-5/h4-5,7-8,11H,2-3,6H2,1H3;1-4,8H. The molecule has 3 heteroatoms. The van der Waals surface area contributed by atoms with E-state index in [4.69, 9.17) is 5.11 Å². The van der Waals surface area contributed by atoms with Gasteiger partial charge in [0.05, 0.1) is 0 Å². The first-order valence-corrected chi connectivity index (χ1v) is 6.35. The Morgan fingerprint density at radius 1 is 0.947 bits per heavy atom. The monoisotopic (exact) mass is 262 g/mol. The molecule has 2 N–H and O–H groups in total. The fraction of sp³-hybridized carbons (Fsp3) is 0.250. The maximum Gasteiger partial charge on any atom is 0.123 e. The van der Waals surface area contributed by atoms with Crippen LogP contribution in [-0.4, -0.2) is 10.2 Å². The van der Waals surface area contributed by atoms with Crippen molar-refractivity contribution in [1.82, 2.24) is 0 Å². The van der Waals surface area contributed by atoms with E-state index in [1.807, 2.05) is 18.2 Å². The summed E-state index contributed by atoms with van der Waals surface area (Å²) in [6, 6.07) is 12.5. The summed E-state index contributed by atoms with van der Waals surface area (Å²) >= 11 is 0. The van der Waals surface area contributed by atoms with Crippen LogP contribution in [0, 0.1) is 5.82 Å². The van der Waals surface area contributed by atoms with Crippen LogP contribution in [0.4, 0.5) is 4.39 Å². The lowest BCUT2D eigenvalue weighted by Crippen LogP contribution is -1.83. The molecule has 2 nitrogen and oxygen atoms in total. The SMILES string of the molecule is CCCCc1ccccc1O.Oc1ccc(F)cc1. The number of hydrogen-bond acceptors (Lipinski definition) is 2. The van der Waals surface area contributed by atoms with Crippen LogP contribution in [0.25, 0.3) is 0 Å². The van der Waals surface area contributed by atoms with Crippen LogP contribution in [0.5, 0.6) is 11.5 Å². The van der Waals surface area contributed by atoms with E-state index in [1.165, 1.54) is 30.7 Å². The molecule has 102 valence electrons. The summed E-state index contributed by atoms with van der Waals surface area (Å²) in [4.78, 5) is 0. The molecule has 0 radical (unpaired) electrons. The number of aromatic hydroxyl groups is 2. The van der Waals surface area contributed by atoms with Crippen LogP contribution in [0.2, 0.25) is 0 Å². The summed E-state index contributed by atoms with van der Waals surface area (Å²) in [6.45, 7) is 2.15. The van der Waals surface area contributed by atoms with Gasteiger partial charge in [0.2, 0.25) is 0 Å². The summed E-state index contributed by atoms with van der Waals surface area (Å²) in [6.07, 6.45) is 3.31. The van der Waals surface area contributed by atoms with E-state index in [2.05, 4.69) is 6.92 Å². The van der Waals surface area contributed by atoms with Crippen molar-refractivity contribution in [3.05, 3.63) is 59.9 Å². The van der Waals surface area contributed by atoms with E-state index in [-0.39, 0.29) is 11.6 Å². The van der Waals surface area contributed by atoms with Gasteiger partial charge >= 0.3 is 0 Å². The molecule has 0 aliphatic rings. The average molecular weight is 262 g/mol. The smallest absolute Gasteiger partial charge is 0.123 e. The van der Waals surface area contributed by atoms with Crippen molar-refractivity contribution < 1.29 is 14.6 Å². The number of hydrogen-bond donors (Lipinski definition) is 2. The fourth-order valence-corrected chi connectivity index (χ4v) is 1.53. The summed E-state index contributed by atoms with van der Waals surface area (Å²) < 4.78 is 12.0. The number of halogens is 1. The van der Waals surface area contributed by atoms with Gasteiger partial charge in [0.15, 0.2) is 0 Å². The van der Waals surface area contributed by atoms with Crippen LogP contribution in [0.1, 0.15) is 25.3 Å². The Kier molecular flexibility index (Phi) is 6.44. The van der Waals surface area contributed by atoms with E-state index >= 15 is 0 Å². The molecule has 0 aliphatic heterocycles. The predicted molar refractivity (Wildman–Crippen MR) is 74.8 cm³/mol. The second-order valence-corrected chi connectivity index (χ2v) is 4.21. The number of unbranched alkanes of at least 4 members (excludes halogenated alkanes) is 1.